The fourth-order valence-corrected chi connectivity index (χ4v) is 2.68. The van der Waals surface area contributed by atoms with E-state index in [-0.39, 0.29) is 0 Å². The number of para-hydroxylation sites is 2. The largest absolute Gasteiger partial charge is 0.496 e. The number of benzene rings is 2. The van der Waals surface area contributed by atoms with Gasteiger partial charge in [-0.05, 0) is 18.6 Å². The van der Waals surface area contributed by atoms with Gasteiger partial charge in [-0.1, -0.05) is 49.7 Å². The fourth-order valence-electron chi connectivity index (χ4n) is 2.68. The van der Waals surface area contributed by atoms with Crippen molar-refractivity contribution in [3.05, 3.63) is 59.7 Å². The molecular weight excluding hydrogens is 248 g/mol. The highest BCUT2D eigenvalue weighted by molar-refractivity contribution is 5.46. The Kier molecular flexibility index (Phi) is 5.05. The minimum Gasteiger partial charge on any atom is -0.496 e. The Balaban J connectivity index is 2.50. The Morgan fingerprint density at radius 1 is 0.800 bits per heavy atom. The molecule has 106 valence electrons. The summed E-state index contributed by atoms with van der Waals surface area (Å²) in [6.45, 7) is 2.21. The van der Waals surface area contributed by atoms with Gasteiger partial charge in [-0.25, -0.2) is 0 Å². The normalized spacial score (nSPS) is 10.6. The van der Waals surface area contributed by atoms with Crippen LogP contribution in [-0.4, -0.2) is 14.2 Å². The van der Waals surface area contributed by atoms with Crippen molar-refractivity contribution in [2.45, 2.75) is 25.7 Å². The monoisotopic (exact) mass is 270 g/mol. The highest BCUT2D eigenvalue weighted by Gasteiger charge is 2.20. The molecule has 0 heterocycles. The molecule has 0 aliphatic heterocycles. The predicted molar refractivity (Wildman–Crippen MR) is 82.7 cm³/mol. The highest BCUT2D eigenvalue weighted by Crippen LogP contribution is 2.38. The lowest BCUT2D eigenvalue weighted by Crippen LogP contribution is -2.05. The molecule has 0 saturated heterocycles. The lowest BCUT2D eigenvalue weighted by Gasteiger charge is -2.21. The van der Waals surface area contributed by atoms with Crippen LogP contribution < -0.4 is 9.47 Å². The van der Waals surface area contributed by atoms with E-state index in [0.29, 0.717) is 5.92 Å². The van der Waals surface area contributed by atoms with E-state index >= 15 is 0 Å². The van der Waals surface area contributed by atoms with Crippen LogP contribution in [0.1, 0.15) is 36.8 Å². The summed E-state index contributed by atoms with van der Waals surface area (Å²) in [7, 11) is 3.45. The Hall–Kier alpha value is -1.96. The van der Waals surface area contributed by atoms with E-state index in [1.807, 2.05) is 24.3 Å². The summed E-state index contributed by atoms with van der Waals surface area (Å²) in [5.74, 6) is 2.18. The van der Waals surface area contributed by atoms with Crippen molar-refractivity contribution in [2.75, 3.05) is 14.2 Å². The van der Waals surface area contributed by atoms with E-state index in [0.717, 1.165) is 24.3 Å². The maximum Gasteiger partial charge on any atom is 0.122 e. The molecule has 0 atom stereocenters. The van der Waals surface area contributed by atoms with Crippen LogP contribution in [0.3, 0.4) is 0 Å². The zero-order valence-corrected chi connectivity index (χ0v) is 12.4. The molecule has 0 amide bonds. The van der Waals surface area contributed by atoms with Crippen LogP contribution in [0.2, 0.25) is 0 Å². The summed E-state index contributed by atoms with van der Waals surface area (Å²) < 4.78 is 11.1. The molecule has 2 aromatic rings. The van der Waals surface area contributed by atoms with Gasteiger partial charge in [0.05, 0.1) is 14.2 Å². The molecule has 0 spiro atoms. The van der Waals surface area contributed by atoms with Crippen LogP contribution in [0.25, 0.3) is 0 Å². The van der Waals surface area contributed by atoms with Crippen LogP contribution >= 0.6 is 0 Å². The van der Waals surface area contributed by atoms with Crippen LogP contribution in [0.15, 0.2) is 48.5 Å². The van der Waals surface area contributed by atoms with Crippen LogP contribution in [-0.2, 0) is 0 Å². The topological polar surface area (TPSA) is 18.5 Å². The average molecular weight is 270 g/mol. The van der Waals surface area contributed by atoms with Gasteiger partial charge >= 0.3 is 0 Å². The molecule has 0 aliphatic rings. The standard InChI is InChI=1S/C18H22O2/c1-4-9-14(15-10-5-7-12-17(15)19-2)16-11-6-8-13-18(16)20-3/h5-8,10-14H,4,9H2,1-3H3. The van der Waals surface area contributed by atoms with Crippen molar-refractivity contribution in [1.82, 2.24) is 0 Å². The lowest BCUT2D eigenvalue weighted by molar-refractivity contribution is 0.397. The molecule has 0 radical (unpaired) electrons. The Labute approximate surface area is 121 Å². The van der Waals surface area contributed by atoms with Gasteiger partial charge in [0.25, 0.3) is 0 Å². The molecular formula is C18H22O2. The highest BCUT2D eigenvalue weighted by atomic mass is 16.5. The number of rotatable bonds is 6. The lowest BCUT2D eigenvalue weighted by atomic mass is 9.86. The third-order valence-electron chi connectivity index (χ3n) is 3.61. The van der Waals surface area contributed by atoms with Gasteiger partial charge < -0.3 is 9.47 Å². The maximum absolute atomic E-state index is 5.53. The second kappa shape index (κ2) is 6.99. The van der Waals surface area contributed by atoms with Gasteiger partial charge in [0.15, 0.2) is 0 Å². The zero-order chi connectivity index (χ0) is 14.4. The van der Waals surface area contributed by atoms with Crippen molar-refractivity contribution < 1.29 is 9.47 Å². The molecule has 0 saturated carbocycles. The summed E-state index contributed by atoms with van der Waals surface area (Å²) in [6, 6.07) is 16.5. The zero-order valence-electron chi connectivity index (χ0n) is 12.4. The summed E-state index contributed by atoms with van der Waals surface area (Å²) in [5.41, 5.74) is 2.45. The number of methoxy groups -OCH3 is 2. The van der Waals surface area contributed by atoms with Gasteiger partial charge in [-0.3, -0.25) is 0 Å². The Morgan fingerprint density at radius 2 is 1.25 bits per heavy atom. The van der Waals surface area contributed by atoms with Crippen molar-refractivity contribution >= 4 is 0 Å². The minimum atomic E-state index is 0.298. The second-order valence-electron chi connectivity index (χ2n) is 4.83. The van der Waals surface area contributed by atoms with Gasteiger partial charge in [0.2, 0.25) is 0 Å². The minimum absolute atomic E-state index is 0.298. The molecule has 0 aliphatic carbocycles. The SMILES string of the molecule is CCCC(c1ccccc1OC)c1ccccc1OC. The Bertz CT molecular complexity index is 501. The predicted octanol–water partition coefficient (Wildman–Crippen LogP) is 4.64. The van der Waals surface area contributed by atoms with Gasteiger partial charge in [0, 0.05) is 17.0 Å². The van der Waals surface area contributed by atoms with E-state index < -0.39 is 0 Å². The number of ether oxygens (including phenoxy) is 2. The molecule has 0 N–H and O–H groups in total. The second-order valence-corrected chi connectivity index (χ2v) is 4.83. The van der Waals surface area contributed by atoms with Gasteiger partial charge in [-0.2, -0.15) is 0 Å². The van der Waals surface area contributed by atoms with Gasteiger partial charge in [-0.15, -0.1) is 0 Å². The maximum atomic E-state index is 5.53. The molecule has 0 unspecified atom stereocenters. The van der Waals surface area contributed by atoms with E-state index in [4.69, 9.17) is 9.47 Å². The molecule has 2 aromatic carbocycles. The number of hydrogen-bond donors (Lipinski definition) is 0. The molecule has 2 heteroatoms. The first-order chi connectivity index (χ1) is 9.81. The van der Waals surface area contributed by atoms with Crippen LogP contribution in [0.4, 0.5) is 0 Å². The smallest absolute Gasteiger partial charge is 0.122 e. The molecule has 0 fully saturated rings. The first kappa shape index (κ1) is 14.4. The van der Waals surface area contributed by atoms with Crippen molar-refractivity contribution in [3.63, 3.8) is 0 Å². The fraction of sp³-hybridized carbons (Fsp3) is 0.333. The number of hydrogen-bond acceptors (Lipinski definition) is 2. The Morgan fingerprint density at radius 3 is 1.65 bits per heavy atom. The molecule has 2 nitrogen and oxygen atoms in total. The van der Waals surface area contributed by atoms with Crippen molar-refractivity contribution in [2.24, 2.45) is 0 Å². The molecule has 20 heavy (non-hydrogen) atoms. The average Bonchev–Trinajstić information content (AvgIpc) is 2.52. The first-order valence-corrected chi connectivity index (χ1v) is 7.07. The van der Waals surface area contributed by atoms with Crippen molar-refractivity contribution in [3.8, 4) is 11.5 Å². The van der Waals surface area contributed by atoms with Crippen molar-refractivity contribution in [1.29, 1.82) is 0 Å². The summed E-state index contributed by atoms with van der Waals surface area (Å²) in [5, 5.41) is 0. The molecule has 0 bridgehead atoms. The molecule has 2 rings (SSSR count). The van der Waals surface area contributed by atoms with E-state index in [2.05, 4.69) is 31.2 Å². The first-order valence-electron chi connectivity index (χ1n) is 7.07. The summed E-state index contributed by atoms with van der Waals surface area (Å²) >= 11 is 0. The van der Waals surface area contributed by atoms with E-state index in [1.54, 1.807) is 14.2 Å². The van der Waals surface area contributed by atoms with E-state index in [1.165, 1.54) is 11.1 Å². The quantitative estimate of drug-likeness (QED) is 0.761. The summed E-state index contributed by atoms with van der Waals surface area (Å²) in [4.78, 5) is 0. The summed E-state index contributed by atoms with van der Waals surface area (Å²) in [6.07, 6.45) is 2.18. The third-order valence-corrected chi connectivity index (χ3v) is 3.61. The van der Waals surface area contributed by atoms with Gasteiger partial charge in [0.1, 0.15) is 11.5 Å². The van der Waals surface area contributed by atoms with Crippen LogP contribution in [0, 0.1) is 0 Å². The third kappa shape index (κ3) is 2.96. The van der Waals surface area contributed by atoms with E-state index in [9.17, 15) is 0 Å². The molecule has 0 aromatic heterocycles. The van der Waals surface area contributed by atoms with Crippen LogP contribution in [0.5, 0.6) is 11.5 Å².